The van der Waals surface area contributed by atoms with Gasteiger partial charge >= 0.3 is 11.9 Å². The lowest BCUT2D eigenvalue weighted by molar-refractivity contribution is -0.159. The van der Waals surface area contributed by atoms with E-state index in [1.54, 1.807) is 7.11 Å². The van der Waals surface area contributed by atoms with Crippen LogP contribution in [0.25, 0.3) is 0 Å². The van der Waals surface area contributed by atoms with Gasteiger partial charge in [-0.3, -0.25) is 4.90 Å². The van der Waals surface area contributed by atoms with Crippen LogP contribution >= 0.6 is 0 Å². The average molecular weight is 270 g/mol. The molecule has 1 fully saturated rings. The molecule has 0 radical (unpaired) electrons. The summed E-state index contributed by atoms with van der Waals surface area (Å²) in [5, 5.41) is 18.6. The first-order valence-electron chi connectivity index (χ1n) is 5.92. The molecule has 1 saturated heterocycles. The van der Waals surface area contributed by atoms with Gasteiger partial charge in [0.1, 0.15) is 7.11 Å². The SMILES string of the molecule is CON=CC1=CCC2CCC1N2C.O=C(O)C(=O)O. The summed E-state index contributed by atoms with van der Waals surface area (Å²) in [6.07, 6.45) is 7.90. The highest BCUT2D eigenvalue weighted by Gasteiger charge is 2.34. The Morgan fingerprint density at radius 2 is 2.05 bits per heavy atom. The first-order valence-corrected chi connectivity index (χ1v) is 5.92. The lowest BCUT2D eigenvalue weighted by Crippen LogP contribution is -2.36. The molecule has 0 aliphatic carbocycles. The van der Waals surface area contributed by atoms with Crippen LogP contribution in [-0.4, -0.2) is 59.5 Å². The van der Waals surface area contributed by atoms with Crippen molar-refractivity contribution in [1.29, 1.82) is 0 Å². The van der Waals surface area contributed by atoms with Crippen LogP contribution in [0.4, 0.5) is 0 Å². The van der Waals surface area contributed by atoms with Crippen molar-refractivity contribution in [3.05, 3.63) is 11.6 Å². The molecule has 0 spiro atoms. The smallest absolute Gasteiger partial charge is 0.414 e. The molecule has 0 aromatic heterocycles. The zero-order chi connectivity index (χ0) is 14.4. The molecule has 106 valence electrons. The Labute approximate surface area is 111 Å². The van der Waals surface area contributed by atoms with Crippen molar-refractivity contribution < 1.29 is 24.6 Å². The largest absolute Gasteiger partial charge is 0.473 e. The van der Waals surface area contributed by atoms with Gasteiger partial charge in [0.25, 0.3) is 0 Å². The van der Waals surface area contributed by atoms with Crippen LogP contribution in [0.2, 0.25) is 0 Å². The topological polar surface area (TPSA) is 99.4 Å². The Kier molecular flexibility index (Phi) is 5.50. The first kappa shape index (κ1) is 15.2. The summed E-state index contributed by atoms with van der Waals surface area (Å²) in [5.41, 5.74) is 1.32. The second kappa shape index (κ2) is 6.89. The normalized spacial score (nSPS) is 25.5. The van der Waals surface area contributed by atoms with Crippen LogP contribution in [0, 0.1) is 0 Å². The minimum absolute atomic E-state index is 0.581. The number of carboxylic acids is 2. The quantitative estimate of drug-likeness (QED) is 0.432. The van der Waals surface area contributed by atoms with Crippen molar-refractivity contribution >= 4 is 18.2 Å². The zero-order valence-electron chi connectivity index (χ0n) is 10.9. The molecule has 0 saturated carbocycles. The van der Waals surface area contributed by atoms with E-state index in [9.17, 15) is 0 Å². The maximum atomic E-state index is 9.10. The van der Waals surface area contributed by atoms with Crippen LogP contribution in [0.15, 0.2) is 16.8 Å². The van der Waals surface area contributed by atoms with Crippen molar-refractivity contribution in [2.24, 2.45) is 5.16 Å². The fourth-order valence-corrected chi connectivity index (χ4v) is 2.36. The van der Waals surface area contributed by atoms with E-state index in [1.807, 2.05) is 6.21 Å². The van der Waals surface area contributed by atoms with Crippen LogP contribution in [-0.2, 0) is 14.4 Å². The Morgan fingerprint density at radius 3 is 2.58 bits per heavy atom. The van der Waals surface area contributed by atoms with Gasteiger partial charge in [-0.05, 0) is 31.9 Å². The van der Waals surface area contributed by atoms with Crippen LogP contribution < -0.4 is 0 Å². The molecule has 19 heavy (non-hydrogen) atoms. The van der Waals surface area contributed by atoms with E-state index in [1.165, 1.54) is 18.4 Å². The third-order valence-electron chi connectivity index (χ3n) is 3.34. The molecule has 0 amide bonds. The summed E-state index contributed by atoms with van der Waals surface area (Å²) in [6.45, 7) is 0. The second-order valence-corrected chi connectivity index (χ2v) is 4.38. The molecule has 2 bridgehead atoms. The maximum absolute atomic E-state index is 9.10. The Bertz CT molecular complexity index is 393. The third-order valence-corrected chi connectivity index (χ3v) is 3.34. The second-order valence-electron chi connectivity index (χ2n) is 4.38. The van der Waals surface area contributed by atoms with E-state index < -0.39 is 11.9 Å². The fourth-order valence-electron chi connectivity index (χ4n) is 2.36. The van der Waals surface area contributed by atoms with Gasteiger partial charge in [-0.2, -0.15) is 0 Å². The van der Waals surface area contributed by atoms with E-state index in [2.05, 4.69) is 23.2 Å². The molecular formula is C12H18N2O5. The maximum Gasteiger partial charge on any atom is 0.414 e. The van der Waals surface area contributed by atoms with Crippen molar-refractivity contribution in [1.82, 2.24) is 4.90 Å². The molecule has 2 heterocycles. The standard InChI is InChI=1S/C10H16N2O.C2H2O4/c1-12-9-4-3-8(7-11-13-2)10(12)6-5-9;3-1(4)2(5)6/h3,7,9-10H,4-6H2,1-2H3;(H,3,4)(H,5,6). The summed E-state index contributed by atoms with van der Waals surface area (Å²) in [4.78, 5) is 25.4. The predicted molar refractivity (Wildman–Crippen MR) is 68.0 cm³/mol. The van der Waals surface area contributed by atoms with Gasteiger partial charge in [0.05, 0.1) is 6.21 Å². The lowest BCUT2D eigenvalue weighted by atomic mass is 10.0. The van der Waals surface area contributed by atoms with E-state index in [0.29, 0.717) is 6.04 Å². The Hall–Kier alpha value is -1.89. The monoisotopic (exact) mass is 270 g/mol. The number of hydrogen-bond donors (Lipinski definition) is 2. The number of rotatable bonds is 2. The van der Waals surface area contributed by atoms with Crippen LogP contribution in [0.1, 0.15) is 19.3 Å². The van der Waals surface area contributed by atoms with Crippen molar-refractivity contribution in [3.8, 4) is 0 Å². The Balaban J connectivity index is 0.000000258. The third kappa shape index (κ3) is 4.06. The van der Waals surface area contributed by atoms with Crippen LogP contribution in [0.5, 0.6) is 0 Å². The minimum atomic E-state index is -1.82. The van der Waals surface area contributed by atoms with Gasteiger partial charge < -0.3 is 15.1 Å². The molecule has 0 aromatic rings. The highest BCUT2D eigenvalue weighted by Crippen LogP contribution is 2.33. The number of fused-ring (bicyclic) bond motifs is 2. The molecular weight excluding hydrogens is 252 g/mol. The number of aliphatic carboxylic acids is 2. The van der Waals surface area contributed by atoms with E-state index >= 15 is 0 Å². The molecule has 2 rings (SSSR count). The molecule has 2 N–H and O–H groups in total. The van der Waals surface area contributed by atoms with E-state index in [4.69, 9.17) is 24.6 Å². The lowest BCUT2D eigenvalue weighted by Gasteiger charge is -2.29. The van der Waals surface area contributed by atoms with E-state index in [-0.39, 0.29) is 0 Å². The zero-order valence-corrected chi connectivity index (χ0v) is 10.9. The summed E-state index contributed by atoms with van der Waals surface area (Å²) >= 11 is 0. The Morgan fingerprint density at radius 1 is 1.42 bits per heavy atom. The summed E-state index contributed by atoms with van der Waals surface area (Å²) in [6, 6.07) is 1.35. The van der Waals surface area contributed by atoms with Crippen molar-refractivity contribution in [3.63, 3.8) is 0 Å². The number of oxime groups is 1. The summed E-state index contributed by atoms with van der Waals surface area (Å²) in [5.74, 6) is -3.65. The number of hydrogen-bond acceptors (Lipinski definition) is 5. The van der Waals surface area contributed by atoms with Gasteiger partial charge in [-0.25, -0.2) is 9.59 Å². The first-order chi connectivity index (χ1) is 8.97. The molecule has 2 aliphatic heterocycles. The number of carbonyl (C=O) groups is 2. The van der Waals surface area contributed by atoms with Gasteiger partial charge in [-0.1, -0.05) is 11.2 Å². The summed E-state index contributed by atoms with van der Waals surface area (Å²) < 4.78 is 0. The molecule has 7 heteroatoms. The number of likely N-dealkylation sites (N-methyl/N-ethyl adjacent to an activating group) is 1. The fraction of sp³-hybridized carbons (Fsp3) is 0.583. The molecule has 2 atom stereocenters. The van der Waals surface area contributed by atoms with Crippen LogP contribution in [0.3, 0.4) is 0 Å². The van der Waals surface area contributed by atoms with E-state index in [0.717, 1.165) is 12.5 Å². The molecule has 2 unspecified atom stereocenters. The minimum Gasteiger partial charge on any atom is -0.473 e. The van der Waals surface area contributed by atoms with Crippen molar-refractivity contribution in [2.45, 2.75) is 31.3 Å². The van der Waals surface area contributed by atoms with Gasteiger partial charge in [0.2, 0.25) is 0 Å². The molecule has 7 nitrogen and oxygen atoms in total. The highest BCUT2D eigenvalue weighted by molar-refractivity contribution is 6.27. The van der Waals surface area contributed by atoms with Gasteiger partial charge in [-0.15, -0.1) is 0 Å². The van der Waals surface area contributed by atoms with Gasteiger partial charge in [0.15, 0.2) is 0 Å². The predicted octanol–water partition coefficient (Wildman–Crippen LogP) is 0.567. The van der Waals surface area contributed by atoms with Crippen molar-refractivity contribution in [2.75, 3.05) is 14.2 Å². The summed E-state index contributed by atoms with van der Waals surface area (Å²) in [7, 11) is 3.79. The highest BCUT2D eigenvalue weighted by atomic mass is 16.6. The molecule has 0 aromatic carbocycles. The average Bonchev–Trinajstić information content (AvgIpc) is 2.61. The molecule has 2 aliphatic rings. The number of nitrogens with zero attached hydrogens (tertiary/aromatic N) is 2. The van der Waals surface area contributed by atoms with Gasteiger partial charge in [0, 0.05) is 12.1 Å². The number of carboxylic acid groups (broad SMARTS) is 2.